The first-order chi connectivity index (χ1) is 15.4. The number of nitrogens with one attached hydrogen (secondary N) is 3. The minimum Gasteiger partial charge on any atom is -0.454 e. The number of hydrogen-bond acceptors (Lipinski definition) is 6. The maximum absolute atomic E-state index is 12.5. The molecule has 3 aromatic rings. The van der Waals surface area contributed by atoms with Crippen LogP contribution in [0, 0.1) is 0 Å². The van der Waals surface area contributed by atoms with Gasteiger partial charge < -0.3 is 20.1 Å². The van der Waals surface area contributed by atoms with E-state index in [1.807, 2.05) is 0 Å². The van der Waals surface area contributed by atoms with E-state index in [1.165, 1.54) is 24.3 Å². The second-order valence-electron chi connectivity index (χ2n) is 6.80. The molecule has 0 aromatic heterocycles. The highest BCUT2D eigenvalue weighted by Crippen LogP contribution is 2.32. The van der Waals surface area contributed by atoms with E-state index in [1.54, 1.807) is 48.5 Å². The molecule has 0 radical (unpaired) electrons. The Hall–Kier alpha value is -4.05. The second-order valence-corrected chi connectivity index (χ2v) is 8.48. The summed E-state index contributed by atoms with van der Waals surface area (Å²) in [6.45, 7) is -0.170. The van der Waals surface area contributed by atoms with Gasteiger partial charge in [-0.2, -0.15) is 0 Å². The molecular weight excluding hydrogens is 434 g/mol. The summed E-state index contributed by atoms with van der Waals surface area (Å²) in [5.74, 6) is 0.115. The van der Waals surface area contributed by atoms with Crippen LogP contribution in [0.25, 0.3) is 0 Å². The van der Waals surface area contributed by atoms with Crippen LogP contribution in [0.1, 0.15) is 10.4 Å². The zero-order chi connectivity index (χ0) is 22.6. The van der Waals surface area contributed by atoms with Crippen LogP contribution in [0.15, 0.2) is 77.7 Å². The standard InChI is InChI=1S/C22H19N3O6S/c26-21(13-23-22(27)15-9-10-19-20(11-15)31-14-30-19)24-16-5-4-6-17(12-16)25-32(28,29)18-7-2-1-3-8-18/h1-12,25H,13-14H2,(H,23,27)(H,24,26). The van der Waals surface area contributed by atoms with Gasteiger partial charge in [0.2, 0.25) is 12.7 Å². The molecule has 4 rings (SSSR count). The molecule has 32 heavy (non-hydrogen) atoms. The first-order valence-corrected chi connectivity index (χ1v) is 11.0. The molecule has 0 saturated carbocycles. The molecule has 0 bridgehead atoms. The average molecular weight is 453 g/mol. The summed E-state index contributed by atoms with van der Waals surface area (Å²) in [5, 5.41) is 5.15. The summed E-state index contributed by atoms with van der Waals surface area (Å²) in [7, 11) is -3.75. The lowest BCUT2D eigenvalue weighted by molar-refractivity contribution is -0.115. The highest BCUT2D eigenvalue weighted by atomic mass is 32.2. The number of benzene rings is 3. The zero-order valence-electron chi connectivity index (χ0n) is 16.7. The van der Waals surface area contributed by atoms with Crippen LogP contribution in [0.4, 0.5) is 11.4 Å². The SMILES string of the molecule is O=C(CNC(=O)c1ccc2c(c1)OCO2)Nc1cccc(NS(=O)(=O)c2ccccc2)c1. The molecule has 1 heterocycles. The summed E-state index contributed by atoms with van der Waals surface area (Å²) >= 11 is 0. The molecule has 2 amide bonds. The van der Waals surface area contributed by atoms with Crippen molar-refractivity contribution in [3.8, 4) is 11.5 Å². The largest absolute Gasteiger partial charge is 0.454 e. The molecule has 0 aliphatic carbocycles. The Morgan fingerprint density at radius 2 is 1.59 bits per heavy atom. The lowest BCUT2D eigenvalue weighted by Crippen LogP contribution is -2.32. The van der Waals surface area contributed by atoms with Gasteiger partial charge in [0.25, 0.3) is 15.9 Å². The van der Waals surface area contributed by atoms with E-state index in [0.29, 0.717) is 22.7 Å². The van der Waals surface area contributed by atoms with Crippen LogP contribution in [-0.2, 0) is 14.8 Å². The van der Waals surface area contributed by atoms with E-state index in [2.05, 4.69) is 15.4 Å². The summed E-state index contributed by atoms with van der Waals surface area (Å²) in [4.78, 5) is 24.7. The van der Waals surface area contributed by atoms with Crippen LogP contribution >= 0.6 is 0 Å². The van der Waals surface area contributed by atoms with Crippen molar-refractivity contribution in [2.75, 3.05) is 23.4 Å². The smallest absolute Gasteiger partial charge is 0.261 e. The Balaban J connectivity index is 1.34. The third kappa shape index (κ3) is 4.98. The number of carbonyl (C=O) groups excluding carboxylic acids is 2. The predicted octanol–water partition coefficient (Wildman–Crippen LogP) is 2.58. The van der Waals surface area contributed by atoms with Gasteiger partial charge in [-0.3, -0.25) is 14.3 Å². The molecule has 164 valence electrons. The Morgan fingerprint density at radius 3 is 2.41 bits per heavy atom. The first kappa shape index (κ1) is 21.2. The molecular formula is C22H19N3O6S. The summed E-state index contributed by atoms with van der Waals surface area (Å²) in [5.41, 5.74) is 0.996. The topological polar surface area (TPSA) is 123 Å². The molecule has 3 N–H and O–H groups in total. The van der Waals surface area contributed by atoms with Gasteiger partial charge in [-0.1, -0.05) is 24.3 Å². The molecule has 0 atom stereocenters. The van der Waals surface area contributed by atoms with Gasteiger partial charge in [-0.15, -0.1) is 0 Å². The Morgan fingerprint density at radius 1 is 0.844 bits per heavy atom. The number of rotatable bonds is 7. The number of carbonyl (C=O) groups is 2. The molecule has 0 saturated heterocycles. The maximum Gasteiger partial charge on any atom is 0.261 e. The minimum absolute atomic E-state index is 0.101. The minimum atomic E-state index is -3.75. The highest BCUT2D eigenvalue weighted by molar-refractivity contribution is 7.92. The molecule has 0 unspecified atom stereocenters. The lowest BCUT2D eigenvalue weighted by Gasteiger charge is -2.11. The quantitative estimate of drug-likeness (QED) is 0.505. The number of ether oxygens (including phenoxy) is 2. The summed E-state index contributed by atoms with van der Waals surface area (Å²) in [6, 6.07) is 18.9. The van der Waals surface area contributed by atoms with Gasteiger partial charge in [0.1, 0.15) is 0 Å². The summed E-state index contributed by atoms with van der Waals surface area (Å²) < 4.78 is 37.8. The number of fused-ring (bicyclic) bond motifs is 1. The molecule has 9 nitrogen and oxygen atoms in total. The Bertz CT molecular complexity index is 1260. The molecule has 3 aromatic carbocycles. The number of amides is 2. The molecule has 0 spiro atoms. The summed E-state index contributed by atoms with van der Waals surface area (Å²) in [6.07, 6.45) is 0. The average Bonchev–Trinajstić information content (AvgIpc) is 3.26. The normalized spacial score (nSPS) is 12.1. The maximum atomic E-state index is 12.5. The monoisotopic (exact) mass is 453 g/mol. The Kier molecular flexibility index (Phi) is 5.95. The van der Waals surface area contributed by atoms with Crippen molar-refractivity contribution in [2.45, 2.75) is 4.90 Å². The van der Waals surface area contributed by atoms with Crippen molar-refractivity contribution in [2.24, 2.45) is 0 Å². The van der Waals surface area contributed by atoms with Crippen LogP contribution < -0.4 is 24.8 Å². The molecule has 0 fully saturated rings. The van der Waals surface area contributed by atoms with E-state index in [0.717, 1.165) is 0 Å². The van der Waals surface area contributed by atoms with Crippen LogP contribution in [-0.4, -0.2) is 33.6 Å². The van der Waals surface area contributed by atoms with Crippen molar-refractivity contribution in [3.63, 3.8) is 0 Å². The van der Waals surface area contributed by atoms with Crippen LogP contribution in [0.2, 0.25) is 0 Å². The fourth-order valence-corrected chi connectivity index (χ4v) is 4.05. The van der Waals surface area contributed by atoms with Gasteiger partial charge in [0, 0.05) is 11.3 Å². The lowest BCUT2D eigenvalue weighted by atomic mass is 10.2. The number of hydrogen-bond donors (Lipinski definition) is 3. The third-order valence-corrected chi connectivity index (χ3v) is 5.89. The molecule has 10 heteroatoms. The zero-order valence-corrected chi connectivity index (χ0v) is 17.5. The number of sulfonamides is 1. The van der Waals surface area contributed by atoms with Crippen molar-refractivity contribution in [1.82, 2.24) is 5.32 Å². The van der Waals surface area contributed by atoms with Gasteiger partial charge >= 0.3 is 0 Å². The van der Waals surface area contributed by atoms with Crippen molar-refractivity contribution < 1.29 is 27.5 Å². The second kappa shape index (κ2) is 8.98. The Labute approximate surface area is 184 Å². The fourth-order valence-electron chi connectivity index (χ4n) is 2.98. The first-order valence-electron chi connectivity index (χ1n) is 9.56. The number of anilines is 2. The van der Waals surface area contributed by atoms with Crippen molar-refractivity contribution in [1.29, 1.82) is 0 Å². The van der Waals surface area contributed by atoms with Gasteiger partial charge in [-0.05, 0) is 48.5 Å². The van der Waals surface area contributed by atoms with E-state index < -0.39 is 21.8 Å². The van der Waals surface area contributed by atoms with Crippen molar-refractivity contribution in [3.05, 3.63) is 78.4 Å². The predicted molar refractivity (Wildman–Crippen MR) is 117 cm³/mol. The highest BCUT2D eigenvalue weighted by Gasteiger charge is 2.17. The van der Waals surface area contributed by atoms with Gasteiger partial charge in [0.15, 0.2) is 11.5 Å². The van der Waals surface area contributed by atoms with Crippen LogP contribution in [0.3, 0.4) is 0 Å². The molecule has 1 aliphatic heterocycles. The van der Waals surface area contributed by atoms with Gasteiger partial charge in [-0.25, -0.2) is 8.42 Å². The van der Waals surface area contributed by atoms with E-state index in [-0.39, 0.29) is 23.9 Å². The van der Waals surface area contributed by atoms with Crippen molar-refractivity contribution >= 4 is 33.2 Å². The van der Waals surface area contributed by atoms with Gasteiger partial charge in [0.05, 0.1) is 17.1 Å². The third-order valence-electron chi connectivity index (χ3n) is 4.50. The fraction of sp³-hybridized carbons (Fsp3) is 0.0909. The van der Waals surface area contributed by atoms with E-state index >= 15 is 0 Å². The van der Waals surface area contributed by atoms with E-state index in [9.17, 15) is 18.0 Å². The molecule has 1 aliphatic rings. The van der Waals surface area contributed by atoms with E-state index in [4.69, 9.17) is 9.47 Å². The van der Waals surface area contributed by atoms with Crippen LogP contribution in [0.5, 0.6) is 11.5 Å².